The first-order valence-corrected chi connectivity index (χ1v) is 9.26. The summed E-state index contributed by atoms with van der Waals surface area (Å²) in [6, 6.07) is 0. The number of nitrogens with zero attached hydrogens (tertiary/aromatic N) is 2. The lowest BCUT2D eigenvalue weighted by Crippen LogP contribution is -2.46. The lowest BCUT2D eigenvalue weighted by atomic mass is 9.79. The fourth-order valence-corrected chi connectivity index (χ4v) is 4.53. The van der Waals surface area contributed by atoms with Gasteiger partial charge in [0.25, 0.3) is 0 Å². The SMILES string of the molecule is CSCc1nc(CN2C[C@@]3(CCOC3)CCC2=O)cs1. The summed E-state index contributed by atoms with van der Waals surface area (Å²) in [7, 11) is 0. The Kier molecular flexibility index (Phi) is 4.33. The molecule has 0 unspecified atom stereocenters. The number of aromatic nitrogens is 1. The number of hydrogen-bond acceptors (Lipinski definition) is 5. The molecule has 6 heteroatoms. The molecule has 1 spiro atoms. The Bertz CT molecular complexity index is 483. The van der Waals surface area contributed by atoms with Crippen LogP contribution in [-0.2, 0) is 21.8 Å². The highest BCUT2D eigenvalue weighted by Crippen LogP contribution is 2.38. The molecule has 0 aliphatic carbocycles. The van der Waals surface area contributed by atoms with Crippen LogP contribution in [0.25, 0.3) is 0 Å². The zero-order valence-electron chi connectivity index (χ0n) is 11.8. The van der Waals surface area contributed by atoms with Crippen LogP contribution in [0.3, 0.4) is 0 Å². The Labute approximate surface area is 127 Å². The van der Waals surface area contributed by atoms with Crippen molar-refractivity contribution in [2.24, 2.45) is 5.41 Å². The molecule has 1 amide bonds. The predicted molar refractivity (Wildman–Crippen MR) is 81.9 cm³/mol. The monoisotopic (exact) mass is 312 g/mol. The number of thiazole rings is 1. The summed E-state index contributed by atoms with van der Waals surface area (Å²) in [5, 5.41) is 3.24. The van der Waals surface area contributed by atoms with Crippen molar-refractivity contribution in [2.45, 2.75) is 31.6 Å². The van der Waals surface area contributed by atoms with Gasteiger partial charge in [-0.15, -0.1) is 11.3 Å². The van der Waals surface area contributed by atoms with Gasteiger partial charge in [-0.3, -0.25) is 4.79 Å². The van der Waals surface area contributed by atoms with Gasteiger partial charge in [-0.05, 0) is 19.1 Å². The van der Waals surface area contributed by atoms with Crippen molar-refractivity contribution in [2.75, 3.05) is 26.0 Å². The van der Waals surface area contributed by atoms with Gasteiger partial charge in [0.1, 0.15) is 5.01 Å². The lowest BCUT2D eigenvalue weighted by molar-refractivity contribution is -0.138. The molecule has 1 aromatic heterocycles. The van der Waals surface area contributed by atoms with Crippen molar-refractivity contribution in [1.29, 1.82) is 0 Å². The molecule has 4 nitrogen and oxygen atoms in total. The first kappa shape index (κ1) is 14.4. The summed E-state index contributed by atoms with van der Waals surface area (Å²) < 4.78 is 5.55. The van der Waals surface area contributed by atoms with Crippen LogP contribution in [0.15, 0.2) is 5.38 Å². The van der Waals surface area contributed by atoms with Gasteiger partial charge in [-0.2, -0.15) is 11.8 Å². The van der Waals surface area contributed by atoms with E-state index in [4.69, 9.17) is 4.74 Å². The molecular formula is C14H20N2O2S2. The first-order chi connectivity index (χ1) is 9.71. The Morgan fingerprint density at radius 2 is 2.45 bits per heavy atom. The maximum Gasteiger partial charge on any atom is 0.222 e. The summed E-state index contributed by atoms with van der Waals surface area (Å²) in [4.78, 5) is 18.7. The van der Waals surface area contributed by atoms with Crippen LogP contribution in [-0.4, -0.2) is 41.8 Å². The molecule has 0 radical (unpaired) electrons. The fraction of sp³-hybridized carbons (Fsp3) is 0.714. The average molecular weight is 312 g/mol. The van der Waals surface area contributed by atoms with Crippen LogP contribution in [0.4, 0.5) is 0 Å². The molecule has 0 saturated carbocycles. The number of likely N-dealkylation sites (tertiary alicyclic amines) is 1. The summed E-state index contributed by atoms with van der Waals surface area (Å²) in [6.45, 7) is 3.15. The van der Waals surface area contributed by atoms with Gasteiger partial charge in [0.2, 0.25) is 5.91 Å². The van der Waals surface area contributed by atoms with Gasteiger partial charge in [-0.1, -0.05) is 0 Å². The fourth-order valence-electron chi connectivity index (χ4n) is 3.02. The topological polar surface area (TPSA) is 42.4 Å². The maximum absolute atomic E-state index is 12.1. The Morgan fingerprint density at radius 1 is 1.55 bits per heavy atom. The Hall–Kier alpha value is -0.590. The third-order valence-electron chi connectivity index (χ3n) is 4.15. The summed E-state index contributed by atoms with van der Waals surface area (Å²) >= 11 is 3.47. The summed E-state index contributed by atoms with van der Waals surface area (Å²) in [5.41, 5.74) is 1.25. The number of carbonyl (C=O) groups excluding carboxylic acids is 1. The second-order valence-corrected chi connectivity index (χ2v) is 7.53. The molecule has 2 fully saturated rings. The van der Waals surface area contributed by atoms with E-state index in [1.165, 1.54) is 0 Å². The molecular weight excluding hydrogens is 292 g/mol. The van der Waals surface area contributed by atoms with Gasteiger partial charge in [-0.25, -0.2) is 4.98 Å². The first-order valence-electron chi connectivity index (χ1n) is 6.99. The minimum atomic E-state index is 0.214. The molecule has 20 heavy (non-hydrogen) atoms. The third kappa shape index (κ3) is 3.02. The van der Waals surface area contributed by atoms with Gasteiger partial charge in [0.05, 0.1) is 18.8 Å². The van der Waals surface area contributed by atoms with Gasteiger partial charge in [0.15, 0.2) is 0 Å². The number of hydrogen-bond donors (Lipinski definition) is 0. The smallest absolute Gasteiger partial charge is 0.222 e. The molecule has 3 rings (SSSR count). The van der Waals surface area contributed by atoms with Crippen LogP contribution in [0.5, 0.6) is 0 Å². The molecule has 0 N–H and O–H groups in total. The van der Waals surface area contributed by atoms with Crippen molar-refractivity contribution >= 4 is 29.0 Å². The normalized spacial score (nSPS) is 26.6. The van der Waals surface area contributed by atoms with Crippen LogP contribution >= 0.6 is 23.1 Å². The highest BCUT2D eigenvalue weighted by Gasteiger charge is 2.41. The van der Waals surface area contributed by atoms with Crippen molar-refractivity contribution < 1.29 is 9.53 Å². The Morgan fingerprint density at radius 3 is 3.20 bits per heavy atom. The molecule has 1 atom stereocenters. The number of ether oxygens (including phenoxy) is 1. The maximum atomic E-state index is 12.1. The van der Waals surface area contributed by atoms with E-state index in [-0.39, 0.29) is 11.3 Å². The molecule has 1 aromatic rings. The van der Waals surface area contributed by atoms with Crippen molar-refractivity contribution in [3.05, 3.63) is 16.1 Å². The molecule has 3 heterocycles. The average Bonchev–Trinajstić information content (AvgIpc) is 3.05. The van der Waals surface area contributed by atoms with Gasteiger partial charge < -0.3 is 9.64 Å². The minimum absolute atomic E-state index is 0.214. The second-order valence-electron chi connectivity index (χ2n) is 5.72. The van der Waals surface area contributed by atoms with Crippen LogP contribution < -0.4 is 0 Å². The van der Waals surface area contributed by atoms with E-state index in [1.807, 2.05) is 4.90 Å². The lowest BCUT2D eigenvalue weighted by Gasteiger charge is -2.38. The van der Waals surface area contributed by atoms with Crippen LogP contribution in [0, 0.1) is 5.41 Å². The summed E-state index contributed by atoms with van der Waals surface area (Å²) in [5.74, 6) is 1.22. The number of rotatable bonds is 4. The standard InChI is InChI=1S/C14H20N2O2S2/c1-19-8-12-15-11(7-20-12)6-16-9-14(3-2-13(16)17)4-5-18-10-14/h7H,2-6,8-10H2,1H3/t14-/m0/s1. The van der Waals surface area contributed by atoms with Crippen molar-refractivity contribution in [3.63, 3.8) is 0 Å². The molecule has 2 aliphatic heterocycles. The summed E-state index contributed by atoms with van der Waals surface area (Å²) in [6.07, 6.45) is 4.81. The zero-order chi connectivity index (χ0) is 14.0. The highest BCUT2D eigenvalue weighted by atomic mass is 32.2. The number of amides is 1. The van der Waals surface area contributed by atoms with E-state index >= 15 is 0 Å². The van der Waals surface area contributed by atoms with E-state index in [1.54, 1.807) is 23.1 Å². The van der Waals surface area contributed by atoms with E-state index in [2.05, 4.69) is 16.6 Å². The van der Waals surface area contributed by atoms with Crippen LogP contribution in [0.2, 0.25) is 0 Å². The number of piperidine rings is 1. The van der Waals surface area contributed by atoms with Gasteiger partial charge in [0, 0.05) is 36.1 Å². The Balaban J connectivity index is 1.66. The second kappa shape index (κ2) is 6.03. The zero-order valence-corrected chi connectivity index (χ0v) is 13.4. The minimum Gasteiger partial charge on any atom is -0.381 e. The number of carbonyl (C=O) groups is 1. The molecule has 2 saturated heterocycles. The largest absolute Gasteiger partial charge is 0.381 e. The predicted octanol–water partition coefficient (Wildman–Crippen LogP) is 2.54. The van der Waals surface area contributed by atoms with E-state index in [0.29, 0.717) is 13.0 Å². The number of thioether (sulfide) groups is 1. The third-order valence-corrected chi connectivity index (χ3v) is 5.80. The molecule has 0 aromatic carbocycles. The van der Waals surface area contributed by atoms with Crippen molar-refractivity contribution in [3.8, 4) is 0 Å². The van der Waals surface area contributed by atoms with Crippen LogP contribution in [0.1, 0.15) is 30.0 Å². The molecule has 110 valence electrons. The quantitative estimate of drug-likeness (QED) is 0.857. The van der Waals surface area contributed by atoms with Crippen molar-refractivity contribution in [1.82, 2.24) is 9.88 Å². The molecule has 2 aliphatic rings. The van der Waals surface area contributed by atoms with E-state index < -0.39 is 0 Å². The van der Waals surface area contributed by atoms with E-state index in [0.717, 1.165) is 49.1 Å². The highest BCUT2D eigenvalue weighted by molar-refractivity contribution is 7.97. The van der Waals surface area contributed by atoms with Gasteiger partial charge >= 0.3 is 0 Å². The molecule has 0 bridgehead atoms. The van der Waals surface area contributed by atoms with E-state index in [9.17, 15) is 4.79 Å².